The minimum absolute atomic E-state index is 0.118. The minimum atomic E-state index is -4.66. The van der Waals surface area contributed by atoms with Gasteiger partial charge in [0, 0.05) is 41.8 Å². The topological polar surface area (TPSA) is 125 Å². The first-order valence-electron chi connectivity index (χ1n) is 14.2. The SMILES string of the molecule is O=C(Nc1ccc(-c2cnc3nc2NCCCNS(=O)(=O)c2cccc(c2)N3)cc1)C1(c2cc(C(F)(F)F)ccc2F)CCC1. The summed E-state index contributed by atoms with van der Waals surface area (Å²) in [5.74, 6) is -0.675. The molecule has 0 atom stereocenters. The number of carbonyl (C=O) groups excluding carboxylic acids is 1. The minimum Gasteiger partial charge on any atom is -0.369 e. The van der Waals surface area contributed by atoms with Gasteiger partial charge in [-0.2, -0.15) is 18.2 Å². The fourth-order valence-electron chi connectivity index (χ4n) is 5.44. The summed E-state index contributed by atoms with van der Waals surface area (Å²) in [5, 5.41) is 9.02. The predicted molar refractivity (Wildman–Crippen MR) is 161 cm³/mol. The lowest BCUT2D eigenvalue weighted by Crippen LogP contribution is -2.46. The number of anilines is 4. The van der Waals surface area contributed by atoms with Gasteiger partial charge in [0.1, 0.15) is 11.6 Å². The van der Waals surface area contributed by atoms with Crippen molar-refractivity contribution < 1.29 is 30.8 Å². The highest BCUT2D eigenvalue weighted by molar-refractivity contribution is 7.89. The van der Waals surface area contributed by atoms with Crippen molar-refractivity contribution in [3.8, 4) is 11.1 Å². The number of nitrogens with zero attached hydrogens (tertiary/aromatic N) is 2. The molecule has 0 radical (unpaired) electrons. The van der Waals surface area contributed by atoms with Gasteiger partial charge in [-0.3, -0.25) is 4.79 Å². The first-order valence-corrected chi connectivity index (χ1v) is 15.7. The molecular formula is C31H28F4N6O3S. The summed E-state index contributed by atoms with van der Waals surface area (Å²) < 4.78 is 82.7. The van der Waals surface area contributed by atoms with Crippen LogP contribution in [0.1, 0.15) is 36.8 Å². The fourth-order valence-corrected chi connectivity index (χ4v) is 6.56. The van der Waals surface area contributed by atoms with Gasteiger partial charge in [-0.15, -0.1) is 0 Å². The molecule has 0 saturated heterocycles. The Bertz CT molecular complexity index is 1860. The maximum Gasteiger partial charge on any atom is 0.416 e. The van der Waals surface area contributed by atoms with Gasteiger partial charge >= 0.3 is 6.18 Å². The van der Waals surface area contributed by atoms with E-state index < -0.39 is 38.9 Å². The van der Waals surface area contributed by atoms with Gasteiger partial charge in [-0.25, -0.2) is 22.5 Å². The summed E-state index contributed by atoms with van der Waals surface area (Å²) in [5.41, 5.74) is -0.424. The molecule has 1 amide bonds. The van der Waals surface area contributed by atoms with Crippen molar-refractivity contribution in [2.75, 3.05) is 29.0 Å². The second-order valence-corrected chi connectivity index (χ2v) is 12.7. The number of rotatable bonds is 4. The van der Waals surface area contributed by atoms with Gasteiger partial charge in [0.2, 0.25) is 21.9 Å². The molecule has 0 unspecified atom stereocenters. The number of alkyl halides is 3. The number of sulfonamides is 1. The van der Waals surface area contributed by atoms with E-state index in [9.17, 15) is 30.8 Å². The van der Waals surface area contributed by atoms with Gasteiger partial charge in [-0.05, 0) is 73.4 Å². The van der Waals surface area contributed by atoms with Crippen LogP contribution in [0, 0.1) is 5.82 Å². The Hall–Kier alpha value is -4.56. The average Bonchev–Trinajstić information content (AvgIpc) is 2.97. The zero-order valence-corrected chi connectivity index (χ0v) is 24.5. The molecule has 4 N–H and O–H groups in total. The monoisotopic (exact) mass is 640 g/mol. The van der Waals surface area contributed by atoms with E-state index in [1.54, 1.807) is 42.6 Å². The van der Waals surface area contributed by atoms with Gasteiger partial charge in [0.15, 0.2) is 0 Å². The highest BCUT2D eigenvalue weighted by atomic mass is 32.2. The summed E-state index contributed by atoms with van der Waals surface area (Å²) in [6.45, 7) is 0.617. The van der Waals surface area contributed by atoms with Gasteiger partial charge in [-0.1, -0.05) is 24.6 Å². The van der Waals surface area contributed by atoms with Crippen LogP contribution in [-0.2, 0) is 26.4 Å². The Morgan fingerprint density at radius 2 is 1.73 bits per heavy atom. The molecule has 45 heavy (non-hydrogen) atoms. The largest absolute Gasteiger partial charge is 0.416 e. The summed E-state index contributed by atoms with van der Waals surface area (Å²) in [6, 6.07) is 15.2. The van der Waals surface area contributed by atoms with Crippen LogP contribution in [0.4, 0.5) is 40.7 Å². The van der Waals surface area contributed by atoms with Gasteiger partial charge < -0.3 is 16.0 Å². The van der Waals surface area contributed by atoms with E-state index in [1.807, 2.05) is 0 Å². The van der Waals surface area contributed by atoms with E-state index in [0.717, 1.165) is 12.1 Å². The quantitative estimate of drug-likeness (QED) is 0.196. The van der Waals surface area contributed by atoms with E-state index in [4.69, 9.17) is 0 Å². The zero-order valence-electron chi connectivity index (χ0n) is 23.7. The van der Waals surface area contributed by atoms with Crippen LogP contribution < -0.4 is 20.7 Å². The summed E-state index contributed by atoms with van der Waals surface area (Å²) in [6.07, 6.45) is -1.53. The molecule has 14 heteroatoms. The van der Waals surface area contributed by atoms with Crippen molar-refractivity contribution in [2.24, 2.45) is 0 Å². The first-order chi connectivity index (χ1) is 21.4. The molecule has 3 aromatic carbocycles. The molecule has 6 rings (SSSR count). The van der Waals surface area contributed by atoms with Crippen LogP contribution >= 0.6 is 0 Å². The fraction of sp³-hybridized carbons (Fsp3) is 0.258. The Morgan fingerprint density at radius 1 is 0.956 bits per heavy atom. The molecule has 9 nitrogen and oxygen atoms in total. The number of fused-ring (bicyclic) bond motifs is 4. The van der Waals surface area contributed by atoms with Crippen LogP contribution in [0.25, 0.3) is 11.1 Å². The third-order valence-corrected chi connectivity index (χ3v) is 9.49. The molecule has 2 heterocycles. The van der Waals surface area contributed by atoms with Crippen molar-refractivity contribution in [1.82, 2.24) is 14.7 Å². The van der Waals surface area contributed by atoms with E-state index in [1.165, 1.54) is 12.1 Å². The number of carbonyl (C=O) groups is 1. The smallest absolute Gasteiger partial charge is 0.369 e. The number of nitrogens with one attached hydrogen (secondary N) is 4. The molecule has 0 spiro atoms. The van der Waals surface area contributed by atoms with Crippen molar-refractivity contribution in [3.05, 3.63) is 89.9 Å². The molecule has 234 valence electrons. The zero-order chi connectivity index (χ0) is 31.8. The van der Waals surface area contributed by atoms with Gasteiger partial charge in [0.05, 0.1) is 15.9 Å². The van der Waals surface area contributed by atoms with Crippen LogP contribution in [0.2, 0.25) is 0 Å². The highest BCUT2D eigenvalue weighted by Gasteiger charge is 2.48. The number of hydrogen-bond acceptors (Lipinski definition) is 7. The lowest BCUT2D eigenvalue weighted by Gasteiger charge is -2.41. The number of hydrogen-bond donors (Lipinski definition) is 4. The van der Waals surface area contributed by atoms with Crippen molar-refractivity contribution in [3.63, 3.8) is 0 Å². The van der Waals surface area contributed by atoms with Crippen LogP contribution in [0.5, 0.6) is 0 Å². The Morgan fingerprint density at radius 3 is 2.44 bits per heavy atom. The number of halogens is 4. The third-order valence-electron chi connectivity index (χ3n) is 8.03. The van der Waals surface area contributed by atoms with Gasteiger partial charge in [0.25, 0.3) is 0 Å². The molecule has 1 aromatic heterocycles. The number of benzene rings is 3. The molecule has 2 aliphatic rings. The summed E-state index contributed by atoms with van der Waals surface area (Å²) in [7, 11) is -3.68. The second kappa shape index (κ2) is 11.7. The van der Waals surface area contributed by atoms with Crippen LogP contribution in [-0.4, -0.2) is 37.4 Å². The van der Waals surface area contributed by atoms with Crippen LogP contribution in [0.15, 0.2) is 77.8 Å². The lowest BCUT2D eigenvalue weighted by atomic mass is 9.63. The molecule has 4 aromatic rings. The van der Waals surface area contributed by atoms with E-state index in [0.29, 0.717) is 53.8 Å². The Labute approximate surface area is 256 Å². The summed E-state index contributed by atoms with van der Waals surface area (Å²) in [4.78, 5) is 22.5. The first kappa shape index (κ1) is 30.5. The molecule has 1 aliphatic carbocycles. The third kappa shape index (κ3) is 6.20. The van der Waals surface area contributed by atoms with Crippen LogP contribution in [0.3, 0.4) is 0 Å². The van der Waals surface area contributed by atoms with E-state index in [-0.39, 0.29) is 35.8 Å². The lowest BCUT2D eigenvalue weighted by molar-refractivity contribution is -0.138. The van der Waals surface area contributed by atoms with E-state index >= 15 is 0 Å². The predicted octanol–water partition coefficient (Wildman–Crippen LogP) is 6.20. The molecule has 4 bridgehead atoms. The number of aromatic nitrogens is 2. The maximum atomic E-state index is 14.8. The summed E-state index contributed by atoms with van der Waals surface area (Å²) >= 11 is 0. The van der Waals surface area contributed by atoms with Crippen molar-refractivity contribution in [1.29, 1.82) is 0 Å². The second-order valence-electron chi connectivity index (χ2n) is 10.9. The molecule has 1 saturated carbocycles. The normalized spacial score (nSPS) is 17.2. The van der Waals surface area contributed by atoms with E-state index in [2.05, 4.69) is 30.6 Å². The standard InChI is InChI=1S/C31H28F4N6O3S/c32-26-11-8-20(31(33,34)35)16-25(26)30(12-2-13-30)28(42)39-21-9-6-19(7-10-21)24-18-37-29-40-22-4-1-5-23(17-22)45(43,44)38-15-3-14-36-27(24)41-29/h1,4-11,16-18,38H,2-3,12-15H2,(H,39,42)(H2,36,37,40,41). The maximum absolute atomic E-state index is 14.8. The average molecular weight is 641 g/mol. The van der Waals surface area contributed by atoms with Crippen molar-refractivity contribution in [2.45, 2.75) is 42.2 Å². The Balaban J connectivity index is 1.24. The molecule has 1 fully saturated rings. The van der Waals surface area contributed by atoms with Crippen molar-refractivity contribution >= 4 is 39.1 Å². The molecular weight excluding hydrogens is 612 g/mol. The Kier molecular flexibility index (Phi) is 7.95. The highest BCUT2D eigenvalue weighted by Crippen LogP contribution is 2.47. The number of amides is 1. The molecule has 1 aliphatic heterocycles.